The van der Waals surface area contributed by atoms with E-state index >= 15 is 0 Å². The first-order valence-electron chi connectivity index (χ1n) is 6.05. The molecule has 0 amide bonds. The molecule has 0 radical (unpaired) electrons. The summed E-state index contributed by atoms with van der Waals surface area (Å²) in [5, 5.41) is 0.296. The van der Waals surface area contributed by atoms with Crippen LogP contribution in [0.4, 0.5) is 0 Å². The van der Waals surface area contributed by atoms with Gasteiger partial charge in [-0.2, -0.15) is 0 Å². The first kappa shape index (κ1) is 15.6. The van der Waals surface area contributed by atoms with Crippen molar-refractivity contribution in [3.8, 4) is 0 Å². The predicted octanol–water partition coefficient (Wildman–Crippen LogP) is 3.93. The average Bonchev–Trinajstić information content (AvgIpc) is 2.14. The third kappa shape index (κ3) is 6.23. The van der Waals surface area contributed by atoms with E-state index in [9.17, 15) is 4.79 Å². The second-order valence-corrected chi connectivity index (χ2v) is 10.5. The number of carbonyl (C=O) groups excluding carboxylic acids is 1. The van der Waals surface area contributed by atoms with Crippen molar-refractivity contribution in [3.05, 3.63) is 12.2 Å². The Labute approximate surface area is 101 Å². The van der Waals surface area contributed by atoms with Gasteiger partial charge in [-0.3, -0.25) is 4.79 Å². The van der Waals surface area contributed by atoms with Crippen LogP contribution in [0.3, 0.4) is 0 Å². The van der Waals surface area contributed by atoms with Crippen LogP contribution in [-0.2, 0) is 9.22 Å². The Morgan fingerprint density at radius 2 is 1.81 bits per heavy atom. The molecule has 0 saturated heterocycles. The fourth-order valence-corrected chi connectivity index (χ4v) is 2.15. The van der Waals surface area contributed by atoms with Crippen LogP contribution < -0.4 is 0 Å². The van der Waals surface area contributed by atoms with Crippen LogP contribution in [-0.4, -0.2) is 21.2 Å². The van der Waals surface area contributed by atoms with E-state index in [2.05, 4.69) is 33.9 Å². The van der Waals surface area contributed by atoms with Gasteiger partial charge in [-0.15, -0.1) is 0 Å². The number of hydrogen-bond donors (Lipinski definition) is 0. The highest BCUT2D eigenvalue weighted by Gasteiger charge is 2.36. The highest BCUT2D eigenvalue weighted by molar-refractivity contribution is 6.74. The van der Waals surface area contributed by atoms with Gasteiger partial charge in [0.25, 0.3) is 0 Å². The molecule has 0 atom stereocenters. The molecular weight excluding hydrogens is 216 g/mol. The minimum atomic E-state index is -1.55. The van der Waals surface area contributed by atoms with Crippen molar-refractivity contribution in [2.24, 2.45) is 0 Å². The Bertz CT molecular complexity index is 227. The number of allylic oxidation sites excluding steroid dienone is 2. The highest BCUT2D eigenvalue weighted by atomic mass is 28.4. The summed E-state index contributed by atoms with van der Waals surface area (Å²) in [5.74, 6) is 0. The maximum atomic E-state index is 10.0. The Morgan fingerprint density at radius 3 is 2.31 bits per heavy atom. The van der Waals surface area contributed by atoms with Crippen LogP contribution in [0.2, 0.25) is 18.1 Å². The lowest BCUT2D eigenvalue weighted by molar-refractivity contribution is -0.104. The van der Waals surface area contributed by atoms with Crippen LogP contribution in [0.15, 0.2) is 12.2 Å². The normalized spacial score (nSPS) is 13.3. The fraction of sp³-hybridized carbons (Fsp3) is 0.769. The van der Waals surface area contributed by atoms with Crippen molar-refractivity contribution in [1.29, 1.82) is 0 Å². The van der Waals surface area contributed by atoms with E-state index in [-0.39, 0.29) is 0 Å². The molecule has 0 unspecified atom stereocenters. The lowest BCUT2D eigenvalue weighted by Gasteiger charge is -2.36. The van der Waals surface area contributed by atoms with Crippen molar-refractivity contribution in [2.75, 3.05) is 6.61 Å². The van der Waals surface area contributed by atoms with E-state index in [1.54, 1.807) is 6.08 Å². The molecule has 0 spiro atoms. The maximum absolute atomic E-state index is 10.0. The average molecular weight is 242 g/mol. The van der Waals surface area contributed by atoms with Crippen LogP contribution in [0.5, 0.6) is 0 Å². The zero-order chi connectivity index (χ0) is 12.7. The lowest BCUT2D eigenvalue weighted by Crippen LogP contribution is -2.40. The van der Waals surface area contributed by atoms with E-state index in [1.807, 2.05) is 6.08 Å². The van der Waals surface area contributed by atoms with E-state index in [0.717, 1.165) is 32.2 Å². The summed E-state index contributed by atoms with van der Waals surface area (Å²) < 4.78 is 6.05. The molecule has 0 bridgehead atoms. The first-order chi connectivity index (χ1) is 7.31. The number of carbonyl (C=O) groups is 1. The zero-order valence-corrected chi connectivity index (χ0v) is 12.4. The molecule has 0 aliphatic carbocycles. The number of hydrogen-bond acceptors (Lipinski definition) is 2. The molecular formula is C13H26O2Si. The SMILES string of the molecule is CC(C)(C)[Si](C)(C)OCCCC/C=C/C=O. The largest absolute Gasteiger partial charge is 0.417 e. The molecule has 0 fully saturated rings. The predicted molar refractivity (Wildman–Crippen MR) is 72.2 cm³/mol. The molecule has 0 aromatic carbocycles. The molecule has 3 heteroatoms. The summed E-state index contributed by atoms with van der Waals surface area (Å²) in [6.07, 6.45) is 7.45. The maximum Gasteiger partial charge on any atom is 0.191 e. The summed E-state index contributed by atoms with van der Waals surface area (Å²) in [5.41, 5.74) is 0. The van der Waals surface area contributed by atoms with Crippen molar-refractivity contribution in [1.82, 2.24) is 0 Å². The molecule has 2 nitrogen and oxygen atoms in total. The molecule has 16 heavy (non-hydrogen) atoms. The van der Waals surface area contributed by atoms with E-state index < -0.39 is 8.32 Å². The van der Waals surface area contributed by atoms with Gasteiger partial charge in [0.05, 0.1) is 0 Å². The minimum Gasteiger partial charge on any atom is -0.417 e. The molecule has 0 saturated carbocycles. The second kappa shape index (κ2) is 7.02. The summed E-state index contributed by atoms with van der Waals surface area (Å²) in [6, 6.07) is 0. The van der Waals surface area contributed by atoms with E-state index in [4.69, 9.17) is 4.43 Å². The molecule has 0 aromatic heterocycles. The van der Waals surface area contributed by atoms with Gasteiger partial charge >= 0.3 is 0 Å². The topological polar surface area (TPSA) is 26.3 Å². The lowest BCUT2D eigenvalue weighted by atomic mass is 10.2. The van der Waals surface area contributed by atoms with Gasteiger partial charge in [0.2, 0.25) is 0 Å². The Kier molecular flexibility index (Phi) is 6.84. The molecule has 0 heterocycles. The number of aldehydes is 1. The Morgan fingerprint density at radius 1 is 1.19 bits per heavy atom. The van der Waals surface area contributed by atoms with Crippen LogP contribution in [0.25, 0.3) is 0 Å². The van der Waals surface area contributed by atoms with Gasteiger partial charge in [-0.25, -0.2) is 0 Å². The van der Waals surface area contributed by atoms with Crippen molar-refractivity contribution >= 4 is 14.6 Å². The van der Waals surface area contributed by atoms with Gasteiger partial charge in [-0.05, 0) is 43.5 Å². The minimum absolute atomic E-state index is 0.296. The molecule has 0 N–H and O–H groups in total. The Hall–Kier alpha value is -0.413. The fourth-order valence-electron chi connectivity index (χ4n) is 1.06. The summed E-state index contributed by atoms with van der Waals surface area (Å²) in [7, 11) is -1.55. The van der Waals surface area contributed by atoms with Crippen molar-refractivity contribution in [3.63, 3.8) is 0 Å². The number of unbranched alkanes of at least 4 members (excludes halogenated alkanes) is 2. The molecule has 94 valence electrons. The van der Waals surface area contributed by atoms with Crippen molar-refractivity contribution < 1.29 is 9.22 Å². The molecule has 0 rings (SSSR count). The van der Waals surface area contributed by atoms with Gasteiger partial charge in [-0.1, -0.05) is 26.8 Å². The van der Waals surface area contributed by atoms with Crippen LogP contribution >= 0.6 is 0 Å². The van der Waals surface area contributed by atoms with E-state index in [0.29, 0.717) is 5.04 Å². The quantitative estimate of drug-likeness (QED) is 0.292. The van der Waals surface area contributed by atoms with E-state index in [1.165, 1.54) is 0 Å². The number of rotatable bonds is 7. The highest BCUT2D eigenvalue weighted by Crippen LogP contribution is 2.36. The molecule has 0 aliphatic rings. The van der Waals surface area contributed by atoms with Crippen LogP contribution in [0, 0.1) is 0 Å². The Balaban J connectivity index is 3.66. The monoisotopic (exact) mass is 242 g/mol. The summed E-state index contributed by atoms with van der Waals surface area (Å²) >= 11 is 0. The summed E-state index contributed by atoms with van der Waals surface area (Å²) in [6.45, 7) is 12.2. The van der Waals surface area contributed by atoms with Gasteiger partial charge in [0.15, 0.2) is 8.32 Å². The molecule has 0 aromatic rings. The first-order valence-corrected chi connectivity index (χ1v) is 8.96. The third-order valence-corrected chi connectivity index (χ3v) is 7.79. The van der Waals surface area contributed by atoms with Gasteiger partial charge in [0.1, 0.15) is 6.29 Å². The van der Waals surface area contributed by atoms with Crippen LogP contribution in [0.1, 0.15) is 40.0 Å². The van der Waals surface area contributed by atoms with Crippen molar-refractivity contribution in [2.45, 2.75) is 58.2 Å². The standard InChI is InChI=1S/C13H26O2Si/c1-13(2,3)16(4,5)15-12-10-8-6-7-9-11-14/h7,9,11H,6,8,10,12H2,1-5H3/b9-7+. The van der Waals surface area contributed by atoms with Gasteiger partial charge in [0, 0.05) is 6.61 Å². The smallest absolute Gasteiger partial charge is 0.191 e. The molecule has 0 aliphatic heterocycles. The second-order valence-electron chi connectivity index (χ2n) is 5.67. The van der Waals surface area contributed by atoms with Gasteiger partial charge < -0.3 is 4.43 Å². The third-order valence-electron chi connectivity index (χ3n) is 3.25. The zero-order valence-electron chi connectivity index (χ0n) is 11.4. The summed E-state index contributed by atoms with van der Waals surface area (Å²) in [4.78, 5) is 10.0.